The molecule has 68 valence electrons. The molecule has 0 aliphatic heterocycles. The monoisotopic (exact) mass is 183 g/mol. The van der Waals surface area contributed by atoms with Crippen LogP contribution in [-0.4, -0.2) is 17.0 Å². The zero-order valence-electron chi connectivity index (χ0n) is 6.45. The van der Waals surface area contributed by atoms with Crippen molar-refractivity contribution >= 4 is 11.9 Å². The molecule has 1 aromatic rings. The molecule has 5 heteroatoms. The van der Waals surface area contributed by atoms with Gasteiger partial charge < -0.3 is 10.8 Å². The minimum Gasteiger partial charge on any atom is -0.478 e. The second kappa shape index (κ2) is 3.22. The van der Waals surface area contributed by atoms with E-state index in [1.807, 2.05) is 0 Å². The summed E-state index contributed by atoms with van der Waals surface area (Å²) in [5.41, 5.74) is 3.80. The van der Waals surface area contributed by atoms with Crippen molar-refractivity contribution in [1.82, 2.24) is 0 Å². The number of nitrogens with two attached hydrogens (primary N) is 1. The third-order valence-electron chi connectivity index (χ3n) is 1.49. The molecule has 1 aromatic carbocycles. The Morgan fingerprint density at radius 1 is 1.38 bits per heavy atom. The first-order chi connectivity index (χ1) is 6.04. The average Bonchev–Trinajstić information content (AvgIpc) is 2.02. The number of amides is 1. The maximum atomic E-state index is 12.9. The van der Waals surface area contributed by atoms with Gasteiger partial charge in [-0.05, 0) is 12.1 Å². The topological polar surface area (TPSA) is 80.4 Å². The summed E-state index contributed by atoms with van der Waals surface area (Å²) in [5.74, 6) is -3.39. The molecule has 1 amide bonds. The Morgan fingerprint density at radius 2 is 2.00 bits per heavy atom. The predicted molar refractivity (Wildman–Crippen MR) is 41.9 cm³/mol. The number of carbonyl (C=O) groups is 2. The lowest BCUT2D eigenvalue weighted by Gasteiger charge is -2.01. The normalized spacial score (nSPS) is 9.62. The van der Waals surface area contributed by atoms with Gasteiger partial charge in [0, 0.05) is 0 Å². The van der Waals surface area contributed by atoms with E-state index in [9.17, 15) is 14.0 Å². The molecule has 1 rings (SSSR count). The summed E-state index contributed by atoms with van der Waals surface area (Å²) in [6, 6.07) is 3.29. The molecule has 0 aliphatic carbocycles. The fourth-order valence-electron chi connectivity index (χ4n) is 0.953. The van der Waals surface area contributed by atoms with Gasteiger partial charge in [-0.15, -0.1) is 0 Å². The Bertz CT molecular complexity index is 376. The van der Waals surface area contributed by atoms with E-state index in [-0.39, 0.29) is 0 Å². The van der Waals surface area contributed by atoms with Crippen LogP contribution in [0.2, 0.25) is 0 Å². The molecule has 0 aromatic heterocycles. The van der Waals surface area contributed by atoms with Gasteiger partial charge in [0.1, 0.15) is 5.82 Å². The van der Waals surface area contributed by atoms with Crippen molar-refractivity contribution in [2.45, 2.75) is 0 Å². The minimum absolute atomic E-state index is 0.424. The van der Waals surface area contributed by atoms with Crippen LogP contribution in [-0.2, 0) is 0 Å². The third-order valence-corrected chi connectivity index (χ3v) is 1.49. The van der Waals surface area contributed by atoms with Gasteiger partial charge in [0.25, 0.3) is 5.91 Å². The number of carboxylic acids is 1. The van der Waals surface area contributed by atoms with Gasteiger partial charge >= 0.3 is 5.97 Å². The average molecular weight is 183 g/mol. The number of hydrogen-bond acceptors (Lipinski definition) is 2. The Morgan fingerprint density at radius 3 is 2.38 bits per heavy atom. The van der Waals surface area contributed by atoms with Crippen molar-refractivity contribution in [3.8, 4) is 0 Å². The summed E-state index contributed by atoms with van der Waals surface area (Å²) in [4.78, 5) is 21.2. The number of benzene rings is 1. The lowest BCUT2D eigenvalue weighted by atomic mass is 10.1. The molecular weight excluding hydrogens is 177 g/mol. The van der Waals surface area contributed by atoms with Crippen LogP contribution >= 0.6 is 0 Å². The van der Waals surface area contributed by atoms with E-state index in [1.165, 1.54) is 6.07 Å². The summed E-state index contributed by atoms with van der Waals surface area (Å²) >= 11 is 0. The quantitative estimate of drug-likeness (QED) is 0.705. The SMILES string of the molecule is NC(=O)c1c(F)cccc1C(=O)O. The maximum Gasteiger partial charge on any atom is 0.336 e. The summed E-state index contributed by atoms with van der Waals surface area (Å²) in [7, 11) is 0. The largest absolute Gasteiger partial charge is 0.478 e. The van der Waals surface area contributed by atoms with Crippen LogP contribution in [0.15, 0.2) is 18.2 Å². The van der Waals surface area contributed by atoms with E-state index in [2.05, 4.69) is 0 Å². The first-order valence-corrected chi connectivity index (χ1v) is 3.35. The van der Waals surface area contributed by atoms with Gasteiger partial charge in [-0.25, -0.2) is 9.18 Å². The number of carboxylic acid groups (broad SMARTS) is 1. The van der Waals surface area contributed by atoms with Crippen LogP contribution in [0.3, 0.4) is 0 Å². The second-order valence-corrected chi connectivity index (χ2v) is 2.33. The first kappa shape index (κ1) is 9.18. The highest BCUT2D eigenvalue weighted by molar-refractivity contribution is 6.04. The maximum absolute atomic E-state index is 12.9. The Hall–Kier alpha value is -1.91. The summed E-state index contributed by atoms with van der Waals surface area (Å²) < 4.78 is 12.9. The van der Waals surface area contributed by atoms with E-state index < -0.39 is 28.8 Å². The molecule has 0 spiro atoms. The second-order valence-electron chi connectivity index (χ2n) is 2.33. The molecule has 0 bridgehead atoms. The highest BCUT2D eigenvalue weighted by atomic mass is 19.1. The molecule has 0 aliphatic rings. The van der Waals surface area contributed by atoms with Crippen LogP contribution in [0.1, 0.15) is 20.7 Å². The Labute approximate surface area is 72.8 Å². The number of halogens is 1. The molecule has 0 saturated heterocycles. The van der Waals surface area contributed by atoms with E-state index in [1.54, 1.807) is 0 Å². The Kier molecular flexibility index (Phi) is 2.27. The van der Waals surface area contributed by atoms with Crippen LogP contribution in [0.25, 0.3) is 0 Å². The smallest absolute Gasteiger partial charge is 0.336 e. The molecule has 0 atom stereocenters. The van der Waals surface area contributed by atoms with Crippen molar-refractivity contribution < 1.29 is 19.1 Å². The van der Waals surface area contributed by atoms with Gasteiger partial charge in [0.15, 0.2) is 0 Å². The standard InChI is InChI=1S/C8H6FNO3/c9-5-3-1-2-4(8(12)13)6(5)7(10)11/h1-3H,(H2,10,11)(H,12,13). The molecule has 0 fully saturated rings. The van der Waals surface area contributed by atoms with Crippen LogP contribution in [0.4, 0.5) is 4.39 Å². The van der Waals surface area contributed by atoms with Crippen molar-refractivity contribution in [2.24, 2.45) is 5.73 Å². The highest BCUT2D eigenvalue weighted by Crippen LogP contribution is 2.12. The van der Waals surface area contributed by atoms with Gasteiger partial charge in [-0.1, -0.05) is 6.07 Å². The molecule has 13 heavy (non-hydrogen) atoms. The summed E-state index contributed by atoms with van der Waals surface area (Å²) in [6.07, 6.45) is 0. The van der Waals surface area contributed by atoms with E-state index in [4.69, 9.17) is 10.8 Å². The van der Waals surface area contributed by atoms with Gasteiger partial charge in [0.05, 0.1) is 11.1 Å². The molecule has 0 heterocycles. The molecule has 0 unspecified atom stereocenters. The highest BCUT2D eigenvalue weighted by Gasteiger charge is 2.17. The molecule has 3 N–H and O–H groups in total. The van der Waals surface area contributed by atoms with E-state index >= 15 is 0 Å². The van der Waals surface area contributed by atoms with Gasteiger partial charge in [-0.2, -0.15) is 0 Å². The number of carbonyl (C=O) groups excluding carboxylic acids is 1. The van der Waals surface area contributed by atoms with Crippen molar-refractivity contribution in [2.75, 3.05) is 0 Å². The number of aromatic carboxylic acids is 1. The van der Waals surface area contributed by atoms with Crippen molar-refractivity contribution in [1.29, 1.82) is 0 Å². The van der Waals surface area contributed by atoms with Crippen LogP contribution < -0.4 is 5.73 Å². The van der Waals surface area contributed by atoms with Crippen LogP contribution in [0, 0.1) is 5.82 Å². The van der Waals surface area contributed by atoms with Crippen molar-refractivity contribution in [3.05, 3.63) is 35.1 Å². The lowest BCUT2D eigenvalue weighted by Crippen LogP contribution is -2.18. The van der Waals surface area contributed by atoms with Crippen molar-refractivity contribution in [3.63, 3.8) is 0 Å². The number of primary amides is 1. The number of rotatable bonds is 2. The zero-order valence-corrected chi connectivity index (χ0v) is 6.45. The van der Waals surface area contributed by atoms with Gasteiger partial charge in [0.2, 0.25) is 0 Å². The predicted octanol–water partition coefficient (Wildman–Crippen LogP) is 0.623. The zero-order chi connectivity index (χ0) is 10.0. The van der Waals surface area contributed by atoms with Crippen LogP contribution in [0.5, 0.6) is 0 Å². The molecule has 0 saturated carbocycles. The van der Waals surface area contributed by atoms with E-state index in [0.717, 1.165) is 12.1 Å². The fourth-order valence-corrected chi connectivity index (χ4v) is 0.953. The summed E-state index contributed by atoms with van der Waals surface area (Å²) in [5, 5.41) is 8.56. The third kappa shape index (κ3) is 1.64. The first-order valence-electron chi connectivity index (χ1n) is 3.35. The number of hydrogen-bond donors (Lipinski definition) is 2. The Balaban J connectivity index is 3.43. The lowest BCUT2D eigenvalue weighted by molar-refractivity contribution is 0.0691. The van der Waals surface area contributed by atoms with Gasteiger partial charge in [-0.3, -0.25) is 4.79 Å². The fraction of sp³-hybridized carbons (Fsp3) is 0. The van der Waals surface area contributed by atoms with E-state index in [0.29, 0.717) is 0 Å². The molecular formula is C8H6FNO3. The minimum atomic E-state index is -1.38. The molecule has 4 nitrogen and oxygen atoms in total. The molecule has 0 radical (unpaired) electrons. The summed E-state index contributed by atoms with van der Waals surface area (Å²) in [6.45, 7) is 0.